The summed E-state index contributed by atoms with van der Waals surface area (Å²) in [5, 5.41) is 3.24. The fraction of sp³-hybridized carbons (Fsp3) is 0.500. The summed E-state index contributed by atoms with van der Waals surface area (Å²) in [5.74, 6) is 0.0635. The van der Waals surface area contributed by atoms with Crippen LogP contribution < -0.4 is 11.1 Å². The Labute approximate surface area is 89.1 Å². The molecular formula is C10H16N4O. The smallest absolute Gasteiger partial charge is 0.225 e. The SMILES string of the molecule is CCCNCc1cnc(CC(N)=O)nc1. The average molecular weight is 208 g/mol. The van der Waals surface area contributed by atoms with Crippen LogP contribution >= 0.6 is 0 Å². The Morgan fingerprint density at radius 3 is 2.67 bits per heavy atom. The second-order valence-corrected chi connectivity index (χ2v) is 3.33. The van der Waals surface area contributed by atoms with Crippen LogP contribution in [-0.2, 0) is 17.8 Å². The van der Waals surface area contributed by atoms with Crippen molar-refractivity contribution in [2.24, 2.45) is 5.73 Å². The fourth-order valence-corrected chi connectivity index (χ4v) is 1.13. The number of nitrogens with one attached hydrogen (secondary N) is 1. The summed E-state index contributed by atoms with van der Waals surface area (Å²) in [4.78, 5) is 18.7. The van der Waals surface area contributed by atoms with Crippen LogP contribution in [0.5, 0.6) is 0 Å². The largest absolute Gasteiger partial charge is 0.369 e. The highest BCUT2D eigenvalue weighted by atomic mass is 16.1. The Morgan fingerprint density at radius 2 is 2.13 bits per heavy atom. The maximum absolute atomic E-state index is 10.6. The van der Waals surface area contributed by atoms with Crippen LogP contribution in [0.1, 0.15) is 24.7 Å². The zero-order chi connectivity index (χ0) is 11.1. The van der Waals surface area contributed by atoms with Gasteiger partial charge in [-0.2, -0.15) is 0 Å². The number of hydrogen-bond acceptors (Lipinski definition) is 4. The van der Waals surface area contributed by atoms with Crippen LogP contribution in [0.25, 0.3) is 0 Å². The van der Waals surface area contributed by atoms with Crippen molar-refractivity contribution in [1.82, 2.24) is 15.3 Å². The maximum Gasteiger partial charge on any atom is 0.225 e. The molecule has 3 N–H and O–H groups in total. The molecule has 5 heteroatoms. The molecule has 0 aliphatic heterocycles. The zero-order valence-electron chi connectivity index (χ0n) is 8.86. The molecule has 5 nitrogen and oxygen atoms in total. The van der Waals surface area contributed by atoms with Crippen molar-refractivity contribution in [3.05, 3.63) is 23.8 Å². The Balaban J connectivity index is 2.45. The molecule has 1 amide bonds. The number of nitrogens with zero attached hydrogens (tertiary/aromatic N) is 2. The van der Waals surface area contributed by atoms with E-state index in [-0.39, 0.29) is 6.42 Å². The number of carbonyl (C=O) groups is 1. The molecule has 0 aliphatic rings. The summed E-state index contributed by atoms with van der Waals surface area (Å²) in [7, 11) is 0. The van der Waals surface area contributed by atoms with E-state index in [4.69, 9.17) is 5.73 Å². The van der Waals surface area contributed by atoms with Gasteiger partial charge in [0.25, 0.3) is 0 Å². The standard InChI is InChI=1S/C10H16N4O/c1-2-3-12-5-8-6-13-10(14-7-8)4-9(11)15/h6-7,12H,2-5H2,1H3,(H2,11,15). The monoisotopic (exact) mass is 208 g/mol. The van der Waals surface area contributed by atoms with E-state index >= 15 is 0 Å². The molecule has 0 bridgehead atoms. The van der Waals surface area contributed by atoms with Gasteiger partial charge in [-0.25, -0.2) is 9.97 Å². The second-order valence-electron chi connectivity index (χ2n) is 3.33. The van der Waals surface area contributed by atoms with E-state index in [1.54, 1.807) is 12.4 Å². The van der Waals surface area contributed by atoms with Gasteiger partial charge in [-0.1, -0.05) is 6.92 Å². The lowest BCUT2D eigenvalue weighted by Gasteiger charge is -2.02. The van der Waals surface area contributed by atoms with Gasteiger partial charge < -0.3 is 11.1 Å². The molecule has 15 heavy (non-hydrogen) atoms. The quantitative estimate of drug-likeness (QED) is 0.645. The third-order valence-corrected chi connectivity index (χ3v) is 1.85. The lowest BCUT2D eigenvalue weighted by Crippen LogP contribution is -2.17. The van der Waals surface area contributed by atoms with Gasteiger partial charge in [0.1, 0.15) is 5.82 Å². The summed E-state index contributed by atoms with van der Waals surface area (Å²) < 4.78 is 0. The molecule has 0 aliphatic carbocycles. The van der Waals surface area contributed by atoms with Gasteiger partial charge in [-0.3, -0.25) is 4.79 Å². The first-order valence-electron chi connectivity index (χ1n) is 5.01. The zero-order valence-corrected chi connectivity index (χ0v) is 8.86. The molecule has 0 radical (unpaired) electrons. The number of hydrogen-bond donors (Lipinski definition) is 2. The summed E-state index contributed by atoms with van der Waals surface area (Å²) in [6, 6.07) is 0. The number of nitrogens with two attached hydrogens (primary N) is 1. The molecule has 1 aromatic rings. The van der Waals surface area contributed by atoms with Crippen LogP contribution in [0.15, 0.2) is 12.4 Å². The predicted octanol–water partition coefficient (Wildman–Crippen LogP) is 0.00400. The molecule has 0 aromatic carbocycles. The van der Waals surface area contributed by atoms with Crippen molar-refractivity contribution in [2.45, 2.75) is 26.3 Å². The highest BCUT2D eigenvalue weighted by Gasteiger charge is 2.01. The lowest BCUT2D eigenvalue weighted by atomic mass is 10.3. The van der Waals surface area contributed by atoms with E-state index in [9.17, 15) is 4.79 Å². The van der Waals surface area contributed by atoms with E-state index < -0.39 is 5.91 Å². The van der Waals surface area contributed by atoms with Gasteiger partial charge >= 0.3 is 0 Å². The van der Waals surface area contributed by atoms with Crippen molar-refractivity contribution < 1.29 is 4.79 Å². The third kappa shape index (κ3) is 4.51. The molecule has 0 unspecified atom stereocenters. The van der Waals surface area contributed by atoms with Gasteiger partial charge in [0, 0.05) is 24.5 Å². The molecule has 0 fully saturated rings. The van der Waals surface area contributed by atoms with E-state index in [1.807, 2.05) is 0 Å². The highest BCUT2D eigenvalue weighted by molar-refractivity contribution is 5.75. The Kier molecular flexibility index (Phi) is 4.70. The minimum absolute atomic E-state index is 0.0999. The molecule has 0 saturated heterocycles. The first-order chi connectivity index (χ1) is 7.22. The van der Waals surface area contributed by atoms with Gasteiger partial charge in [0.15, 0.2) is 0 Å². The molecule has 1 aromatic heterocycles. The predicted molar refractivity (Wildman–Crippen MR) is 56.9 cm³/mol. The summed E-state index contributed by atoms with van der Waals surface area (Å²) in [6.45, 7) is 3.84. The average Bonchev–Trinajstić information content (AvgIpc) is 2.20. The van der Waals surface area contributed by atoms with Crippen LogP contribution in [0.4, 0.5) is 0 Å². The first kappa shape index (κ1) is 11.6. The van der Waals surface area contributed by atoms with Gasteiger partial charge in [-0.05, 0) is 13.0 Å². The number of rotatable bonds is 6. The summed E-state index contributed by atoms with van der Waals surface area (Å²) in [5.41, 5.74) is 6.04. The van der Waals surface area contributed by atoms with E-state index in [0.717, 1.165) is 25.1 Å². The highest BCUT2D eigenvalue weighted by Crippen LogP contribution is 1.96. The number of carbonyl (C=O) groups excluding carboxylic acids is 1. The summed E-state index contributed by atoms with van der Waals surface area (Å²) in [6.07, 6.45) is 4.63. The lowest BCUT2D eigenvalue weighted by molar-refractivity contribution is -0.117. The first-order valence-corrected chi connectivity index (χ1v) is 5.01. The van der Waals surface area contributed by atoms with Crippen LogP contribution in [0.2, 0.25) is 0 Å². The van der Waals surface area contributed by atoms with Crippen molar-refractivity contribution >= 4 is 5.91 Å². The third-order valence-electron chi connectivity index (χ3n) is 1.85. The Bertz CT molecular complexity index is 310. The molecule has 0 saturated carbocycles. The Hall–Kier alpha value is -1.49. The van der Waals surface area contributed by atoms with E-state index in [2.05, 4.69) is 22.2 Å². The van der Waals surface area contributed by atoms with Gasteiger partial charge in [0.05, 0.1) is 6.42 Å². The second kappa shape index (κ2) is 6.08. The van der Waals surface area contributed by atoms with Crippen molar-refractivity contribution in [1.29, 1.82) is 0 Å². The van der Waals surface area contributed by atoms with E-state index in [1.165, 1.54) is 0 Å². The van der Waals surface area contributed by atoms with Crippen molar-refractivity contribution in [3.63, 3.8) is 0 Å². The molecule has 1 heterocycles. The van der Waals surface area contributed by atoms with Crippen molar-refractivity contribution in [2.75, 3.05) is 6.54 Å². The topological polar surface area (TPSA) is 80.9 Å². The van der Waals surface area contributed by atoms with Crippen LogP contribution in [0.3, 0.4) is 0 Å². The van der Waals surface area contributed by atoms with E-state index in [0.29, 0.717) is 5.82 Å². The molecule has 1 rings (SSSR count). The van der Waals surface area contributed by atoms with Gasteiger partial charge in [0.2, 0.25) is 5.91 Å². The molecular weight excluding hydrogens is 192 g/mol. The van der Waals surface area contributed by atoms with Gasteiger partial charge in [-0.15, -0.1) is 0 Å². The maximum atomic E-state index is 10.6. The molecule has 0 atom stereocenters. The minimum Gasteiger partial charge on any atom is -0.369 e. The molecule has 0 spiro atoms. The summed E-state index contributed by atoms with van der Waals surface area (Å²) >= 11 is 0. The normalized spacial score (nSPS) is 10.2. The number of aromatic nitrogens is 2. The molecule has 82 valence electrons. The Morgan fingerprint density at radius 1 is 1.47 bits per heavy atom. The minimum atomic E-state index is -0.410. The number of amides is 1. The number of primary amides is 1. The fourth-order valence-electron chi connectivity index (χ4n) is 1.13. The van der Waals surface area contributed by atoms with Crippen molar-refractivity contribution in [3.8, 4) is 0 Å². The van der Waals surface area contributed by atoms with Crippen LogP contribution in [-0.4, -0.2) is 22.4 Å². The van der Waals surface area contributed by atoms with Crippen LogP contribution in [0, 0.1) is 0 Å².